The van der Waals surface area contributed by atoms with Crippen LogP contribution in [0.2, 0.25) is 0 Å². The van der Waals surface area contributed by atoms with Crippen LogP contribution >= 0.6 is 7.82 Å². The van der Waals surface area contributed by atoms with Gasteiger partial charge in [0.25, 0.3) is 5.95 Å². The SMILES string of the molecule is CCC1(CC)OP2(=O)OC(=C1C)O2. The summed E-state index contributed by atoms with van der Waals surface area (Å²) >= 11 is 0. The van der Waals surface area contributed by atoms with E-state index < -0.39 is 13.4 Å². The van der Waals surface area contributed by atoms with Crippen molar-refractivity contribution in [2.75, 3.05) is 0 Å². The van der Waals surface area contributed by atoms with Crippen molar-refractivity contribution in [3.05, 3.63) is 11.5 Å². The van der Waals surface area contributed by atoms with Gasteiger partial charge in [-0.15, -0.1) is 0 Å². The minimum Gasteiger partial charge on any atom is -0.361 e. The van der Waals surface area contributed by atoms with Crippen molar-refractivity contribution in [2.45, 2.75) is 39.2 Å². The Bertz CT molecular complexity index is 304. The maximum absolute atomic E-state index is 11.5. The van der Waals surface area contributed by atoms with E-state index in [9.17, 15) is 4.57 Å². The zero-order chi connectivity index (χ0) is 9.69. The van der Waals surface area contributed by atoms with Crippen molar-refractivity contribution in [1.82, 2.24) is 0 Å². The molecular formula is C8H13O4P. The molecular weight excluding hydrogens is 191 g/mol. The maximum atomic E-state index is 11.5. The van der Waals surface area contributed by atoms with Crippen molar-refractivity contribution in [3.8, 4) is 0 Å². The third-order valence-electron chi connectivity index (χ3n) is 2.81. The monoisotopic (exact) mass is 204 g/mol. The minimum atomic E-state index is -3.19. The summed E-state index contributed by atoms with van der Waals surface area (Å²) < 4.78 is 26.7. The van der Waals surface area contributed by atoms with Gasteiger partial charge in [0.1, 0.15) is 5.60 Å². The van der Waals surface area contributed by atoms with Gasteiger partial charge in [0.15, 0.2) is 0 Å². The van der Waals surface area contributed by atoms with Gasteiger partial charge in [0, 0.05) is 5.57 Å². The van der Waals surface area contributed by atoms with Crippen molar-refractivity contribution < 1.29 is 18.1 Å². The smallest absolute Gasteiger partial charge is 0.361 e. The van der Waals surface area contributed by atoms with Gasteiger partial charge in [-0.2, -0.15) is 0 Å². The number of phosphoric ester groups is 1. The molecule has 4 nitrogen and oxygen atoms in total. The average molecular weight is 204 g/mol. The van der Waals surface area contributed by atoms with Crippen LogP contribution in [0.4, 0.5) is 0 Å². The Morgan fingerprint density at radius 1 is 1.31 bits per heavy atom. The lowest BCUT2D eigenvalue weighted by atomic mass is 9.90. The van der Waals surface area contributed by atoms with E-state index >= 15 is 0 Å². The highest BCUT2D eigenvalue weighted by Gasteiger charge is 2.58. The van der Waals surface area contributed by atoms with Gasteiger partial charge >= 0.3 is 7.82 Å². The highest BCUT2D eigenvalue weighted by atomic mass is 31.2. The van der Waals surface area contributed by atoms with Gasteiger partial charge in [0.05, 0.1) is 0 Å². The van der Waals surface area contributed by atoms with Crippen LogP contribution in [0.5, 0.6) is 0 Å². The maximum Gasteiger partial charge on any atom is 0.593 e. The molecule has 0 spiro atoms. The van der Waals surface area contributed by atoms with Gasteiger partial charge in [-0.05, 0) is 19.8 Å². The summed E-state index contributed by atoms with van der Waals surface area (Å²) in [6.45, 7) is 5.90. The minimum absolute atomic E-state index is 0.401. The molecule has 0 aromatic rings. The summed E-state index contributed by atoms with van der Waals surface area (Å²) in [4.78, 5) is 0. The Morgan fingerprint density at radius 3 is 2.23 bits per heavy atom. The molecule has 0 radical (unpaired) electrons. The largest absolute Gasteiger partial charge is 0.593 e. The predicted molar refractivity (Wildman–Crippen MR) is 46.9 cm³/mol. The van der Waals surface area contributed by atoms with Crippen LogP contribution in [0.25, 0.3) is 0 Å². The first-order valence-electron chi connectivity index (χ1n) is 4.46. The number of rotatable bonds is 2. The lowest BCUT2D eigenvalue weighted by Crippen LogP contribution is -2.40. The topological polar surface area (TPSA) is 44.8 Å². The first-order valence-corrected chi connectivity index (χ1v) is 5.92. The van der Waals surface area contributed by atoms with E-state index in [1.807, 2.05) is 20.8 Å². The van der Waals surface area contributed by atoms with Crippen LogP contribution in [-0.2, 0) is 18.1 Å². The van der Waals surface area contributed by atoms with Crippen molar-refractivity contribution in [2.24, 2.45) is 0 Å². The third kappa shape index (κ3) is 1.05. The second-order valence-corrected chi connectivity index (χ2v) is 4.78. The molecule has 3 aliphatic rings. The van der Waals surface area contributed by atoms with Crippen LogP contribution in [0.1, 0.15) is 33.6 Å². The van der Waals surface area contributed by atoms with E-state index in [1.165, 1.54) is 0 Å². The summed E-state index contributed by atoms with van der Waals surface area (Å²) in [5, 5.41) is 0. The van der Waals surface area contributed by atoms with E-state index in [2.05, 4.69) is 0 Å². The van der Waals surface area contributed by atoms with Gasteiger partial charge in [-0.3, -0.25) is 4.52 Å². The van der Waals surface area contributed by atoms with Crippen LogP contribution in [0.3, 0.4) is 0 Å². The molecule has 0 aliphatic carbocycles. The Kier molecular flexibility index (Phi) is 1.76. The molecule has 0 aromatic heterocycles. The zero-order valence-corrected chi connectivity index (χ0v) is 8.89. The second-order valence-electron chi connectivity index (χ2n) is 3.33. The van der Waals surface area contributed by atoms with Crippen LogP contribution in [0, 0.1) is 0 Å². The van der Waals surface area contributed by atoms with Gasteiger partial charge < -0.3 is 9.05 Å². The summed E-state index contributed by atoms with van der Waals surface area (Å²) in [6.07, 6.45) is 1.57. The van der Waals surface area contributed by atoms with E-state index in [0.29, 0.717) is 5.95 Å². The molecule has 1 saturated heterocycles. The van der Waals surface area contributed by atoms with Crippen molar-refractivity contribution in [1.29, 1.82) is 0 Å². The molecule has 3 rings (SSSR count). The molecule has 74 valence electrons. The predicted octanol–water partition coefficient (Wildman–Crippen LogP) is 2.96. The molecule has 5 heteroatoms. The molecule has 0 unspecified atom stereocenters. The fraction of sp³-hybridized carbons (Fsp3) is 0.750. The summed E-state index contributed by atoms with van der Waals surface area (Å²) in [5.41, 5.74) is 0.483. The van der Waals surface area contributed by atoms with E-state index in [1.54, 1.807) is 0 Å². The van der Waals surface area contributed by atoms with Gasteiger partial charge in [-0.1, -0.05) is 13.8 Å². The van der Waals surface area contributed by atoms with E-state index in [-0.39, 0.29) is 0 Å². The first kappa shape index (κ1) is 9.10. The fourth-order valence-electron chi connectivity index (χ4n) is 1.76. The molecule has 2 bridgehead atoms. The van der Waals surface area contributed by atoms with Gasteiger partial charge in [0.2, 0.25) is 0 Å². The summed E-state index contributed by atoms with van der Waals surface area (Å²) in [7, 11) is -3.19. The average Bonchev–Trinajstić information content (AvgIpc) is 2.08. The number of phosphoric acid groups is 1. The summed E-state index contributed by atoms with van der Waals surface area (Å²) in [6, 6.07) is 0. The molecule has 0 saturated carbocycles. The standard InChI is InChI=1S/C8H13O4P/c1-4-8(5-2)6(3)7-10-13(9,11-7)12-8/h4-5H2,1-3H3. The fourth-order valence-corrected chi connectivity index (χ4v) is 3.35. The second kappa shape index (κ2) is 2.52. The number of hydrogen-bond donors (Lipinski definition) is 0. The van der Waals surface area contributed by atoms with E-state index in [4.69, 9.17) is 13.6 Å². The Morgan fingerprint density at radius 2 is 1.85 bits per heavy atom. The molecule has 3 aliphatic heterocycles. The molecule has 0 N–H and O–H groups in total. The Balaban J connectivity index is 2.42. The molecule has 0 atom stereocenters. The molecule has 0 aromatic carbocycles. The Hall–Kier alpha value is -0.470. The highest BCUT2D eigenvalue weighted by molar-refractivity contribution is 7.50. The quantitative estimate of drug-likeness (QED) is 0.648. The molecule has 13 heavy (non-hydrogen) atoms. The third-order valence-corrected chi connectivity index (χ3v) is 4.16. The summed E-state index contributed by atoms with van der Waals surface area (Å²) in [5.74, 6) is 0.401. The highest BCUT2D eigenvalue weighted by Crippen LogP contribution is 2.70. The van der Waals surface area contributed by atoms with Crippen LogP contribution in [-0.4, -0.2) is 5.60 Å². The number of fused-ring (bicyclic) bond motifs is 2. The lowest BCUT2D eigenvalue weighted by molar-refractivity contribution is -0.0584. The lowest BCUT2D eigenvalue weighted by Gasteiger charge is -2.45. The molecule has 0 amide bonds. The van der Waals surface area contributed by atoms with Crippen LogP contribution < -0.4 is 0 Å². The molecule has 3 heterocycles. The van der Waals surface area contributed by atoms with Gasteiger partial charge in [-0.25, -0.2) is 4.57 Å². The molecule has 1 fully saturated rings. The van der Waals surface area contributed by atoms with Crippen molar-refractivity contribution >= 4 is 7.82 Å². The first-order chi connectivity index (χ1) is 6.05. The zero-order valence-electron chi connectivity index (χ0n) is 7.99. The van der Waals surface area contributed by atoms with E-state index in [0.717, 1.165) is 18.4 Å². The normalized spacial score (nSPS) is 27.3. The van der Waals surface area contributed by atoms with Crippen LogP contribution in [0.15, 0.2) is 11.5 Å². The van der Waals surface area contributed by atoms with Crippen molar-refractivity contribution in [3.63, 3.8) is 0 Å². The number of hydrogen-bond acceptors (Lipinski definition) is 4. The Labute approximate surface area is 77.5 Å².